The van der Waals surface area contributed by atoms with Crippen molar-refractivity contribution in [1.29, 1.82) is 0 Å². The van der Waals surface area contributed by atoms with Crippen LogP contribution in [-0.4, -0.2) is 11.9 Å². The van der Waals surface area contributed by atoms with E-state index in [1.807, 2.05) is 30.3 Å². The van der Waals surface area contributed by atoms with Crippen molar-refractivity contribution in [2.75, 3.05) is 0 Å². The number of allylic oxidation sites excluding steroid dienone is 2. The van der Waals surface area contributed by atoms with Gasteiger partial charge in [0.25, 0.3) is 0 Å². The average Bonchev–Trinajstić information content (AvgIpc) is 2.94. The molecule has 0 atom stereocenters. The van der Waals surface area contributed by atoms with E-state index in [4.69, 9.17) is 9.47 Å². The molecule has 0 amide bonds. The van der Waals surface area contributed by atoms with E-state index >= 15 is 0 Å². The standard InChI is InChI=1S/C24H20O4/c1-6-7-18-21-12-16(27-23(25)14(2)3)8-10-19(21)20-11-9-17(13-22(18)20)28-24(26)15(4)5/h6-13H,1-2,4H2,3,5H3. The molecule has 0 unspecified atom stereocenters. The predicted octanol–water partition coefficient (Wildman–Crippen LogP) is 5.25. The number of ether oxygens (including phenoxy) is 2. The highest BCUT2D eigenvalue weighted by molar-refractivity contribution is 6.02. The Bertz CT molecular complexity index is 991. The van der Waals surface area contributed by atoms with Crippen LogP contribution in [0, 0.1) is 0 Å². The van der Waals surface area contributed by atoms with Gasteiger partial charge in [0.1, 0.15) is 11.5 Å². The lowest BCUT2D eigenvalue weighted by Crippen LogP contribution is -2.08. The van der Waals surface area contributed by atoms with Crippen LogP contribution >= 0.6 is 0 Å². The first kappa shape index (κ1) is 19.1. The van der Waals surface area contributed by atoms with Crippen LogP contribution in [0.1, 0.15) is 25.0 Å². The van der Waals surface area contributed by atoms with E-state index in [9.17, 15) is 9.59 Å². The van der Waals surface area contributed by atoms with Crippen molar-refractivity contribution >= 4 is 17.5 Å². The first-order valence-corrected chi connectivity index (χ1v) is 8.69. The highest BCUT2D eigenvalue weighted by Crippen LogP contribution is 2.46. The number of hydrogen-bond acceptors (Lipinski definition) is 4. The average molecular weight is 372 g/mol. The fourth-order valence-corrected chi connectivity index (χ4v) is 2.92. The van der Waals surface area contributed by atoms with Gasteiger partial charge < -0.3 is 9.47 Å². The molecule has 140 valence electrons. The quantitative estimate of drug-likeness (QED) is 0.349. The summed E-state index contributed by atoms with van der Waals surface area (Å²) in [5.41, 5.74) is 5.37. The van der Waals surface area contributed by atoms with E-state index in [0.717, 1.165) is 27.8 Å². The van der Waals surface area contributed by atoms with Crippen LogP contribution in [0.2, 0.25) is 0 Å². The van der Waals surface area contributed by atoms with Crippen molar-refractivity contribution in [3.63, 3.8) is 0 Å². The molecular formula is C24H20O4. The van der Waals surface area contributed by atoms with Crippen molar-refractivity contribution in [2.24, 2.45) is 0 Å². The van der Waals surface area contributed by atoms with Gasteiger partial charge in [-0.05, 0) is 65.9 Å². The van der Waals surface area contributed by atoms with Crippen molar-refractivity contribution in [1.82, 2.24) is 0 Å². The summed E-state index contributed by atoms with van der Waals surface area (Å²) in [6, 6.07) is 10.9. The first-order chi connectivity index (χ1) is 13.3. The molecule has 0 heterocycles. The van der Waals surface area contributed by atoms with Crippen LogP contribution in [0.4, 0.5) is 0 Å². The molecule has 0 fully saturated rings. The van der Waals surface area contributed by atoms with Crippen LogP contribution in [-0.2, 0) is 9.59 Å². The molecule has 0 radical (unpaired) electrons. The van der Waals surface area contributed by atoms with Crippen molar-refractivity contribution in [2.45, 2.75) is 13.8 Å². The molecular weight excluding hydrogens is 352 g/mol. The molecule has 0 saturated heterocycles. The number of rotatable bonds is 5. The van der Waals surface area contributed by atoms with Gasteiger partial charge >= 0.3 is 11.9 Å². The molecule has 28 heavy (non-hydrogen) atoms. The maximum absolute atomic E-state index is 11.8. The number of carbonyl (C=O) groups excluding carboxylic acids is 2. The first-order valence-electron chi connectivity index (χ1n) is 8.69. The summed E-state index contributed by atoms with van der Waals surface area (Å²) in [6.07, 6.45) is 3.56. The van der Waals surface area contributed by atoms with Crippen LogP contribution in [0.25, 0.3) is 16.7 Å². The lowest BCUT2D eigenvalue weighted by Gasteiger charge is -2.07. The highest BCUT2D eigenvalue weighted by Gasteiger charge is 2.25. The van der Waals surface area contributed by atoms with E-state index in [2.05, 4.69) is 19.7 Å². The fraction of sp³-hybridized carbons (Fsp3) is 0.0833. The normalized spacial score (nSPS) is 11.1. The number of benzene rings is 2. The van der Waals surface area contributed by atoms with Gasteiger partial charge in [-0.15, -0.1) is 0 Å². The summed E-state index contributed by atoms with van der Waals surface area (Å²) < 4.78 is 10.7. The Balaban J connectivity index is 2.03. The van der Waals surface area contributed by atoms with Crippen LogP contribution in [0.5, 0.6) is 11.5 Å². The molecule has 2 aromatic rings. The van der Waals surface area contributed by atoms with E-state index in [1.54, 1.807) is 32.1 Å². The number of esters is 2. The Hall–Kier alpha value is -3.66. The monoisotopic (exact) mass is 372 g/mol. The molecule has 3 rings (SSSR count). The van der Waals surface area contributed by atoms with Gasteiger partial charge in [0.05, 0.1) is 0 Å². The molecule has 4 heteroatoms. The van der Waals surface area contributed by atoms with Gasteiger partial charge in [0, 0.05) is 11.1 Å². The summed E-state index contributed by atoms with van der Waals surface area (Å²) in [5.74, 6) is -0.0793. The number of fused-ring (bicyclic) bond motifs is 3. The number of hydrogen-bond donors (Lipinski definition) is 0. The third-order valence-corrected chi connectivity index (χ3v) is 4.26. The zero-order chi connectivity index (χ0) is 20.4. The topological polar surface area (TPSA) is 52.6 Å². The highest BCUT2D eigenvalue weighted by atomic mass is 16.5. The summed E-state index contributed by atoms with van der Waals surface area (Å²) in [4.78, 5) is 23.7. The SMILES string of the molecule is C=CC=C1c2cc(OC(=O)C(=C)C)ccc2-c2ccc(OC(=O)C(=C)C)cc21. The third-order valence-electron chi connectivity index (χ3n) is 4.26. The smallest absolute Gasteiger partial charge is 0.338 e. The summed E-state index contributed by atoms with van der Waals surface area (Å²) in [6.45, 7) is 14.2. The molecule has 0 aliphatic heterocycles. The lowest BCUT2D eigenvalue weighted by molar-refractivity contribution is -0.130. The van der Waals surface area contributed by atoms with Gasteiger partial charge in [-0.2, -0.15) is 0 Å². The second kappa shape index (κ2) is 7.53. The summed E-state index contributed by atoms with van der Waals surface area (Å²) in [5, 5.41) is 0. The minimum atomic E-state index is -0.473. The van der Waals surface area contributed by atoms with Crippen molar-refractivity contribution < 1.29 is 19.1 Å². The molecule has 0 saturated carbocycles. The Morgan fingerprint density at radius 2 is 1.21 bits per heavy atom. The van der Waals surface area contributed by atoms with E-state index in [1.165, 1.54) is 0 Å². The minimum Gasteiger partial charge on any atom is -0.423 e. The Kier molecular flexibility index (Phi) is 5.14. The van der Waals surface area contributed by atoms with E-state index in [0.29, 0.717) is 22.6 Å². The Morgan fingerprint density at radius 3 is 1.57 bits per heavy atom. The van der Waals surface area contributed by atoms with Crippen LogP contribution in [0.3, 0.4) is 0 Å². The minimum absolute atomic E-state index is 0.328. The van der Waals surface area contributed by atoms with E-state index < -0.39 is 11.9 Å². The molecule has 1 aliphatic carbocycles. The Labute approximate surface area is 164 Å². The fourth-order valence-electron chi connectivity index (χ4n) is 2.92. The van der Waals surface area contributed by atoms with Gasteiger partial charge in [-0.1, -0.05) is 44.0 Å². The molecule has 4 nitrogen and oxygen atoms in total. The summed E-state index contributed by atoms with van der Waals surface area (Å²) >= 11 is 0. The maximum Gasteiger partial charge on any atom is 0.338 e. The van der Waals surface area contributed by atoms with Crippen molar-refractivity contribution in [3.05, 3.63) is 90.6 Å². The predicted molar refractivity (Wildman–Crippen MR) is 110 cm³/mol. The zero-order valence-electron chi connectivity index (χ0n) is 15.9. The van der Waals surface area contributed by atoms with Crippen molar-refractivity contribution in [3.8, 4) is 22.6 Å². The maximum atomic E-state index is 11.8. The molecule has 1 aliphatic rings. The molecule has 0 spiro atoms. The lowest BCUT2D eigenvalue weighted by atomic mass is 10.0. The summed E-state index contributed by atoms with van der Waals surface area (Å²) in [7, 11) is 0. The molecule has 0 bridgehead atoms. The van der Waals surface area contributed by atoms with Crippen LogP contribution < -0.4 is 9.47 Å². The zero-order valence-corrected chi connectivity index (χ0v) is 15.9. The third kappa shape index (κ3) is 3.58. The number of carbonyl (C=O) groups is 2. The second-order valence-electron chi connectivity index (χ2n) is 6.57. The molecule has 2 aromatic carbocycles. The van der Waals surface area contributed by atoms with E-state index in [-0.39, 0.29) is 0 Å². The van der Waals surface area contributed by atoms with Gasteiger partial charge in [0.2, 0.25) is 0 Å². The van der Waals surface area contributed by atoms with Crippen LogP contribution in [0.15, 0.2) is 79.4 Å². The second-order valence-corrected chi connectivity index (χ2v) is 6.57. The molecule has 0 aromatic heterocycles. The van der Waals surface area contributed by atoms with Gasteiger partial charge in [-0.25, -0.2) is 9.59 Å². The molecule has 0 N–H and O–H groups in total. The largest absolute Gasteiger partial charge is 0.423 e. The van der Waals surface area contributed by atoms with Gasteiger partial charge in [0.15, 0.2) is 0 Å². The van der Waals surface area contributed by atoms with Gasteiger partial charge in [-0.3, -0.25) is 0 Å². The Morgan fingerprint density at radius 1 is 0.786 bits per heavy atom.